The first-order chi connectivity index (χ1) is 9.16. The van der Waals surface area contributed by atoms with Crippen molar-refractivity contribution in [3.05, 3.63) is 52.5 Å². The molecule has 7 nitrogen and oxygen atoms in total. The molecule has 0 fully saturated rings. The van der Waals surface area contributed by atoms with E-state index in [-0.39, 0.29) is 17.9 Å². The second kappa shape index (κ2) is 4.13. The number of furan rings is 1. The monoisotopic (exact) mass is 260 g/mol. The van der Waals surface area contributed by atoms with Crippen LogP contribution in [0.5, 0.6) is 0 Å². The Labute approximate surface area is 105 Å². The van der Waals surface area contributed by atoms with Gasteiger partial charge in [0, 0.05) is 6.20 Å². The molecule has 1 N–H and O–H groups in total. The Morgan fingerprint density at radius 2 is 2.26 bits per heavy atom. The van der Waals surface area contributed by atoms with Crippen LogP contribution in [0.25, 0.3) is 11.2 Å². The number of pyridine rings is 1. The molecule has 3 aromatic rings. The molecule has 0 atom stereocenters. The van der Waals surface area contributed by atoms with Crippen LogP contribution in [0.3, 0.4) is 0 Å². The molecular weight excluding hydrogens is 252 g/mol. The summed E-state index contributed by atoms with van der Waals surface area (Å²) in [7, 11) is 0. The molecule has 0 aliphatic heterocycles. The number of rotatable bonds is 3. The number of fused-ring (bicyclic) bond motifs is 1. The largest absolute Gasteiger partial charge is 0.478 e. The third kappa shape index (κ3) is 1.81. The predicted molar refractivity (Wildman–Crippen MR) is 63.0 cm³/mol. The number of hydrogen-bond acceptors (Lipinski definition) is 5. The third-order valence-electron chi connectivity index (χ3n) is 2.70. The second-order valence-electron chi connectivity index (χ2n) is 3.84. The molecular formula is C12H8N2O5. The zero-order valence-corrected chi connectivity index (χ0v) is 9.57. The maximum absolute atomic E-state index is 11.7. The lowest BCUT2D eigenvalue weighted by molar-refractivity contribution is 0.0694. The fourth-order valence-corrected chi connectivity index (χ4v) is 1.84. The molecule has 0 unspecified atom stereocenters. The van der Waals surface area contributed by atoms with Crippen LogP contribution < -0.4 is 5.76 Å². The maximum Gasteiger partial charge on any atom is 0.421 e. The number of nitrogens with zero attached hydrogens (tertiary/aromatic N) is 2. The van der Waals surface area contributed by atoms with Crippen molar-refractivity contribution >= 4 is 17.2 Å². The molecule has 3 rings (SSSR count). The lowest BCUT2D eigenvalue weighted by Gasteiger charge is -1.99. The van der Waals surface area contributed by atoms with Gasteiger partial charge in [0.15, 0.2) is 11.2 Å². The number of carbonyl (C=O) groups is 1. The van der Waals surface area contributed by atoms with Crippen molar-refractivity contribution in [2.24, 2.45) is 0 Å². The molecule has 0 bridgehead atoms. The van der Waals surface area contributed by atoms with E-state index >= 15 is 0 Å². The van der Waals surface area contributed by atoms with Gasteiger partial charge >= 0.3 is 11.7 Å². The zero-order valence-electron chi connectivity index (χ0n) is 9.57. The first-order valence-corrected chi connectivity index (χ1v) is 5.41. The molecule has 3 aromatic heterocycles. The average molecular weight is 260 g/mol. The van der Waals surface area contributed by atoms with Crippen molar-refractivity contribution < 1.29 is 18.7 Å². The Bertz CT molecular complexity index is 811. The summed E-state index contributed by atoms with van der Waals surface area (Å²) in [5, 5.41) is 8.98. The second-order valence-corrected chi connectivity index (χ2v) is 3.84. The molecule has 0 amide bonds. The Hall–Kier alpha value is -2.83. The Kier molecular flexibility index (Phi) is 2.45. The lowest BCUT2D eigenvalue weighted by Crippen LogP contribution is -2.16. The third-order valence-corrected chi connectivity index (χ3v) is 2.70. The lowest BCUT2D eigenvalue weighted by atomic mass is 10.2. The van der Waals surface area contributed by atoms with Crippen LogP contribution in [0.4, 0.5) is 0 Å². The van der Waals surface area contributed by atoms with Gasteiger partial charge in [0.1, 0.15) is 11.3 Å². The molecule has 0 aromatic carbocycles. The molecule has 7 heteroatoms. The van der Waals surface area contributed by atoms with Crippen LogP contribution in [-0.2, 0) is 6.54 Å². The first kappa shape index (κ1) is 11.3. The van der Waals surface area contributed by atoms with E-state index < -0.39 is 11.7 Å². The smallest absolute Gasteiger partial charge is 0.421 e. The minimum atomic E-state index is -1.11. The van der Waals surface area contributed by atoms with Crippen LogP contribution in [0.15, 0.2) is 44.3 Å². The molecule has 96 valence electrons. The van der Waals surface area contributed by atoms with Crippen molar-refractivity contribution in [3.8, 4) is 0 Å². The summed E-state index contributed by atoms with van der Waals surface area (Å²) >= 11 is 0. The predicted octanol–water partition coefficient (Wildman–Crippen LogP) is 1.33. The molecule has 19 heavy (non-hydrogen) atoms. The summed E-state index contributed by atoms with van der Waals surface area (Å²) in [6.07, 6.45) is 2.79. The summed E-state index contributed by atoms with van der Waals surface area (Å²) < 4.78 is 11.3. The minimum Gasteiger partial charge on any atom is -0.478 e. The topological polar surface area (TPSA) is 98.5 Å². The van der Waals surface area contributed by atoms with Crippen molar-refractivity contribution in [2.45, 2.75) is 6.54 Å². The van der Waals surface area contributed by atoms with Gasteiger partial charge in [-0.05, 0) is 18.2 Å². The molecule has 0 aliphatic rings. The van der Waals surface area contributed by atoms with Gasteiger partial charge in [0.05, 0.1) is 12.8 Å². The van der Waals surface area contributed by atoms with Gasteiger partial charge in [-0.1, -0.05) is 0 Å². The van der Waals surface area contributed by atoms with Gasteiger partial charge in [0.25, 0.3) is 0 Å². The highest BCUT2D eigenvalue weighted by atomic mass is 16.4. The van der Waals surface area contributed by atoms with Crippen LogP contribution in [0, 0.1) is 0 Å². The maximum atomic E-state index is 11.7. The minimum absolute atomic E-state index is 0.0113. The van der Waals surface area contributed by atoms with Crippen molar-refractivity contribution in [1.82, 2.24) is 9.55 Å². The summed E-state index contributed by atoms with van der Waals surface area (Å²) in [5.74, 6) is -1.55. The molecule has 0 spiro atoms. The Morgan fingerprint density at radius 1 is 1.42 bits per heavy atom. The van der Waals surface area contributed by atoms with Crippen molar-refractivity contribution in [2.75, 3.05) is 0 Å². The first-order valence-electron chi connectivity index (χ1n) is 5.41. The number of aromatic nitrogens is 2. The van der Waals surface area contributed by atoms with E-state index in [2.05, 4.69) is 4.98 Å². The van der Waals surface area contributed by atoms with Gasteiger partial charge < -0.3 is 13.9 Å². The van der Waals surface area contributed by atoms with Gasteiger partial charge in [-0.3, -0.25) is 4.57 Å². The van der Waals surface area contributed by atoms with Gasteiger partial charge in [-0.25, -0.2) is 14.6 Å². The van der Waals surface area contributed by atoms with E-state index in [1.165, 1.54) is 23.1 Å². The standard InChI is InChI=1S/C12H8N2O5/c15-11(16)7-3-5-18-9(7)6-14-10-8(19-12(14)17)2-1-4-13-10/h1-5H,6H2,(H,15,16). The van der Waals surface area contributed by atoms with Crippen LogP contribution in [0.2, 0.25) is 0 Å². The van der Waals surface area contributed by atoms with E-state index in [4.69, 9.17) is 13.9 Å². The molecule has 0 saturated heterocycles. The van der Waals surface area contributed by atoms with E-state index in [0.29, 0.717) is 11.2 Å². The van der Waals surface area contributed by atoms with Crippen LogP contribution in [-0.4, -0.2) is 20.6 Å². The number of carboxylic acids is 1. The van der Waals surface area contributed by atoms with Gasteiger partial charge in [-0.15, -0.1) is 0 Å². The van der Waals surface area contributed by atoms with E-state index in [1.54, 1.807) is 12.1 Å². The highest BCUT2D eigenvalue weighted by molar-refractivity contribution is 5.88. The molecule has 0 saturated carbocycles. The zero-order chi connectivity index (χ0) is 13.4. The van der Waals surface area contributed by atoms with E-state index in [0.717, 1.165) is 0 Å². The summed E-state index contributed by atoms with van der Waals surface area (Å²) in [6.45, 7) is -0.0442. The number of carboxylic acid groups (broad SMARTS) is 1. The average Bonchev–Trinajstić information content (AvgIpc) is 2.96. The Balaban J connectivity index is 2.11. The highest BCUT2D eigenvalue weighted by Crippen LogP contribution is 2.15. The molecule has 0 radical (unpaired) electrons. The normalized spacial score (nSPS) is 10.9. The number of hydrogen-bond donors (Lipinski definition) is 1. The number of aromatic carboxylic acids is 1. The SMILES string of the molecule is O=C(O)c1ccoc1Cn1c(=O)oc2cccnc21. The molecule has 3 heterocycles. The summed E-state index contributed by atoms with van der Waals surface area (Å²) in [6, 6.07) is 4.59. The fraction of sp³-hybridized carbons (Fsp3) is 0.0833. The summed E-state index contributed by atoms with van der Waals surface area (Å²) in [5.41, 5.74) is 0.702. The van der Waals surface area contributed by atoms with Gasteiger partial charge in [-0.2, -0.15) is 0 Å². The fourth-order valence-electron chi connectivity index (χ4n) is 1.84. The van der Waals surface area contributed by atoms with Crippen LogP contribution in [0.1, 0.15) is 16.1 Å². The highest BCUT2D eigenvalue weighted by Gasteiger charge is 2.17. The number of oxazole rings is 1. The van der Waals surface area contributed by atoms with Crippen molar-refractivity contribution in [1.29, 1.82) is 0 Å². The van der Waals surface area contributed by atoms with E-state index in [1.807, 2.05) is 0 Å². The van der Waals surface area contributed by atoms with E-state index in [9.17, 15) is 9.59 Å². The van der Waals surface area contributed by atoms with Gasteiger partial charge in [0.2, 0.25) is 0 Å². The molecule has 0 aliphatic carbocycles. The quantitative estimate of drug-likeness (QED) is 0.762. The Morgan fingerprint density at radius 3 is 3.05 bits per heavy atom. The summed E-state index contributed by atoms with van der Waals surface area (Å²) in [4.78, 5) is 26.7. The van der Waals surface area contributed by atoms with Crippen molar-refractivity contribution in [3.63, 3.8) is 0 Å². The van der Waals surface area contributed by atoms with Crippen LogP contribution >= 0.6 is 0 Å².